The van der Waals surface area contributed by atoms with Gasteiger partial charge in [0, 0.05) is 19.1 Å². The maximum Gasteiger partial charge on any atom is 0.260 e. The van der Waals surface area contributed by atoms with E-state index in [1.54, 1.807) is 17.2 Å². The second-order valence-electron chi connectivity index (χ2n) is 6.42. The van der Waals surface area contributed by atoms with Gasteiger partial charge < -0.3 is 24.4 Å². The first-order valence-corrected chi connectivity index (χ1v) is 9.75. The van der Waals surface area contributed by atoms with Crippen LogP contribution < -0.4 is 20.2 Å². The Balaban J connectivity index is 1.95. The molecule has 8 nitrogen and oxygen atoms in total. The highest BCUT2D eigenvalue weighted by Crippen LogP contribution is 2.28. The molecule has 1 aromatic rings. The summed E-state index contributed by atoms with van der Waals surface area (Å²) in [6, 6.07) is 5.64. The number of nitrogens with zero attached hydrogens (tertiary/aromatic N) is 2. The molecule has 2 rings (SSSR count). The van der Waals surface area contributed by atoms with Crippen molar-refractivity contribution in [2.45, 2.75) is 26.8 Å². The van der Waals surface area contributed by atoms with Gasteiger partial charge in [-0.3, -0.25) is 10.2 Å². The third-order valence-corrected chi connectivity index (χ3v) is 3.99. The lowest BCUT2D eigenvalue weighted by Crippen LogP contribution is -2.43. The minimum absolute atomic E-state index is 0.0375. The number of hydrogen-bond acceptors (Lipinski definition) is 6. The number of amides is 1. The Kier molecular flexibility index (Phi) is 8.96. The van der Waals surface area contributed by atoms with Crippen molar-refractivity contribution in [1.29, 1.82) is 0 Å². The second kappa shape index (κ2) is 11.5. The lowest BCUT2D eigenvalue weighted by molar-refractivity contribution is -0.137. The van der Waals surface area contributed by atoms with Crippen LogP contribution in [-0.2, 0) is 9.53 Å². The van der Waals surface area contributed by atoms with Gasteiger partial charge in [-0.2, -0.15) is 5.10 Å². The van der Waals surface area contributed by atoms with Gasteiger partial charge in [-0.15, -0.1) is 0 Å². The fourth-order valence-electron chi connectivity index (χ4n) is 2.50. The quantitative estimate of drug-likeness (QED) is 0.383. The standard InChI is InChI=1S/C19H28N4O4S/c1-4-26-17-11-15(12-20-22-19(28)21-14(2)3)5-6-16(17)27-13-18(24)23-7-9-25-10-8-23/h5-6,11-12,14H,4,7-10,13H2,1-3H3,(H2,21,22,28). The molecule has 1 aromatic carbocycles. The molecule has 1 amide bonds. The third kappa shape index (κ3) is 7.32. The molecule has 0 aliphatic carbocycles. The number of carbonyl (C=O) groups excluding carboxylic acids is 1. The van der Waals surface area contributed by atoms with Crippen molar-refractivity contribution in [2.75, 3.05) is 39.5 Å². The van der Waals surface area contributed by atoms with Gasteiger partial charge in [-0.05, 0) is 56.8 Å². The number of benzene rings is 1. The predicted octanol–water partition coefficient (Wildman–Crippen LogP) is 1.53. The predicted molar refractivity (Wildman–Crippen MR) is 112 cm³/mol. The van der Waals surface area contributed by atoms with Gasteiger partial charge in [-0.25, -0.2) is 0 Å². The highest BCUT2D eigenvalue weighted by atomic mass is 32.1. The number of nitrogens with one attached hydrogen (secondary N) is 2. The largest absolute Gasteiger partial charge is 0.490 e. The van der Waals surface area contributed by atoms with Crippen LogP contribution in [0.15, 0.2) is 23.3 Å². The summed E-state index contributed by atoms with van der Waals surface area (Å²) in [4.78, 5) is 14.0. The summed E-state index contributed by atoms with van der Waals surface area (Å²) in [5.74, 6) is 1.02. The highest BCUT2D eigenvalue weighted by molar-refractivity contribution is 7.80. The van der Waals surface area contributed by atoms with E-state index in [0.29, 0.717) is 49.5 Å². The Morgan fingerprint density at radius 2 is 2.07 bits per heavy atom. The smallest absolute Gasteiger partial charge is 0.260 e. The summed E-state index contributed by atoms with van der Waals surface area (Å²) >= 11 is 5.12. The van der Waals surface area contributed by atoms with Crippen molar-refractivity contribution >= 4 is 29.5 Å². The van der Waals surface area contributed by atoms with E-state index in [4.69, 9.17) is 26.4 Å². The van der Waals surface area contributed by atoms with Crippen molar-refractivity contribution in [2.24, 2.45) is 5.10 Å². The Labute approximate surface area is 171 Å². The number of rotatable bonds is 8. The number of carbonyl (C=O) groups is 1. The van der Waals surface area contributed by atoms with Gasteiger partial charge in [0.1, 0.15) is 0 Å². The van der Waals surface area contributed by atoms with Crippen LogP contribution in [0.1, 0.15) is 26.3 Å². The summed E-state index contributed by atoms with van der Waals surface area (Å²) in [5, 5.41) is 7.61. The van der Waals surface area contributed by atoms with E-state index in [2.05, 4.69) is 15.8 Å². The topological polar surface area (TPSA) is 84.4 Å². The molecular formula is C19H28N4O4S. The number of thiocarbonyl (C=S) groups is 1. The van der Waals surface area contributed by atoms with E-state index < -0.39 is 0 Å². The zero-order valence-electron chi connectivity index (χ0n) is 16.6. The van der Waals surface area contributed by atoms with Crippen molar-refractivity contribution in [3.05, 3.63) is 23.8 Å². The van der Waals surface area contributed by atoms with Crippen LogP contribution in [0.5, 0.6) is 11.5 Å². The van der Waals surface area contributed by atoms with Crippen molar-refractivity contribution < 1.29 is 19.0 Å². The molecule has 9 heteroatoms. The van der Waals surface area contributed by atoms with Gasteiger partial charge in [-0.1, -0.05) is 0 Å². The van der Waals surface area contributed by atoms with Crippen LogP contribution in [0.3, 0.4) is 0 Å². The summed E-state index contributed by atoms with van der Waals surface area (Å²) in [6.07, 6.45) is 1.64. The van der Waals surface area contributed by atoms with Crippen LogP contribution in [0.4, 0.5) is 0 Å². The lowest BCUT2D eigenvalue weighted by atomic mass is 10.2. The maximum atomic E-state index is 12.2. The average Bonchev–Trinajstić information content (AvgIpc) is 2.67. The highest BCUT2D eigenvalue weighted by Gasteiger charge is 2.18. The van der Waals surface area contributed by atoms with Crippen LogP contribution in [0.2, 0.25) is 0 Å². The van der Waals surface area contributed by atoms with Gasteiger partial charge in [0.05, 0.1) is 26.0 Å². The van der Waals surface area contributed by atoms with Crippen molar-refractivity contribution in [3.8, 4) is 11.5 Å². The lowest BCUT2D eigenvalue weighted by Gasteiger charge is -2.26. The molecule has 0 spiro atoms. The SMILES string of the molecule is CCOc1cc(C=NNC(=S)NC(C)C)ccc1OCC(=O)N1CCOCC1. The van der Waals surface area contributed by atoms with Crippen molar-refractivity contribution in [3.63, 3.8) is 0 Å². The van der Waals surface area contributed by atoms with Gasteiger partial charge in [0.2, 0.25) is 0 Å². The minimum atomic E-state index is -0.0632. The number of ether oxygens (including phenoxy) is 3. The molecule has 0 aromatic heterocycles. The zero-order valence-corrected chi connectivity index (χ0v) is 17.4. The molecule has 1 aliphatic heterocycles. The average molecular weight is 409 g/mol. The Bertz CT molecular complexity index is 691. The summed E-state index contributed by atoms with van der Waals surface area (Å²) in [6.45, 7) is 8.64. The number of hydrogen-bond donors (Lipinski definition) is 2. The Morgan fingerprint density at radius 3 is 2.75 bits per heavy atom. The maximum absolute atomic E-state index is 12.2. The molecule has 28 heavy (non-hydrogen) atoms. The zero-order chi connectivity index (χ0) is 20.4. The number of hydrazone groups is 1. The van der Waals surface area contributed by atoms with E-state index in [1.807, 2.05) is 32.9 Å². The van der Waals surface area contributed by atoms with E-state index in [9.17, 15) is 4.79 Å². The first-order chi connectivity index (χ1) is 13.5. The van der Waals surface area contributed by atoms with Crippen LogP contribution in [0, 0.1) is 0 Å². The second-order valence-corrected chi connectivity index (χ2v) is 6.83. The molecule has 1 saturated heterocycles. The molecule has 0 saturated carbocycles. The molecule has 2 N–H and O–H groups in total. The van der Waals surface area contributed by atoms with E-state index >= 15 is 0 Å². The fourth-order valence-corrected chi connectivity index (χ4v) is 2.78. The molecule has 154 valence electrons. The first kappa shape index (κ1) is 21.9. The summed E-state index contributed by atoms with van der Waals surface area (Å²) in [5.41, 5.74) is 3.58. The monoisotopic (exact) mass is 408 g/mol. The van der Waals surface area contributed by atoms with Crippen LogP contribution >= 0.6 is 12.2 Å². The van der Waals surface area contributed by atoms with Gasteiger partial charge in [0.25, 0.3) is 5.91 Å². The van der Waals surface area contributed by atoms with Gasteiger partial charge >= 0.3 is 0 Å². The molecule has 0 unspecified atom stereocenters. The van der Waals surface area contributed by atoms with Gasteiger partial charge in [0.15, 0.2) is 23.2 Å². The fraction of sp³-hybridized carbons (Fsp3) is 0.526. The first-order valence-electron chi connectivity index (χ1n) is 9.34. The van der Waals surface area contributed by atoms with Crippen LogP contribution in [-0.4, -0.2) is 67.7 Å². The molecule has 1 aliphatic rings. The normalized spacial score (nSPS) is 14.2. The molecule has 1 fully saturated rings. The molecule has 1 heterocycles. The van der Waals surface area contributed by atoms with Crippen molar-refractivity contribution in [1.82, 2.24) is 15.6 Å². The van der Waals surface area contributed by atoms with E-state index in [0.717, 1.165) is 5.56 Å². The Hall–Kier alpha value is -2.39. The third-order valence-electron chi connectivity index (χ3n) is 3.78. The minimum Gasteiger partial charge on any atom is -0.490 e. The molecular weight excluding hydrogens is 380 g/mol. The molecule has 0 atom stereocenters. The van der Waals surface area contributed by atoms with E-state index in [1.165, 1.54) is 0 Å². The number of morpholine rings is 1. The van der Waals surface area contributed by atoms with Crippen LogP contribution in [0.25, 0.3) is 0 Å². The summed E-state index contributed by atoms with van der Waals surface area (Å²) in [7, 11) is 0. The Morgan fingerprint density at radius 1 is 1.32 bits per heavy atom. The molecule has 0 bridgehead atoms. The summed E-state index contributed by atoms with van der Waals surface area (Å²) < 4.78 is 16.6. The van der Waals surface area contributed by atoms with E-state index in [-0.39, 0.29) is 18.6 Å². The molecule has 0 radical (unpaired) electrons.